The maximum atomic E-state index is 13.0. The molecule has 0 bridgehead atoms. The molecule has 0 aromatic heterocycles. The number of hydrogen-bond donors (Lipinski definition) is 1. The molecule has 0 heterocycles. The second kappa shape index (κ2) is 20.3. The average molecular weight is 445 g/mol. The van der Waals surface area contributed by atoms with E-state index in [1.54, 1.807) is 6.07 Å². The lowest BCUT2D eigenvalue weighted by atomic mass is 10.1. The van der Waals surface area contributed by atoms with E-state index in [0.717, 1.165) is 17.7 Å². The van der Waals surface area contributed by atoms with Crippen molar-refractivity contribution in [2.24, 2.45) is 0 Å². The molecule has 0 aliphatic heterocycles. The van der Waals surface area contributed by atoms with Gasteiger partial charge in [-0.1, -0.05) is 50.7 Å². The molecule has 0 fully saturated rings. The molecule has 0 spiro atoms. The molecule has 0 aliphatic rings. The highest BCUT2D eigenvalue weighted by atomic mass is 32.1. The average Bonchev–Trinajstić information content (AvgIpc) is 2.74. The van der Waals surface area contributed by atoms with Crippen molar-refractivity contribution in [1.82, 2.24) is 0 Å². The van der Waals surface area contributed by atoms with Crippen LogP contribution in [-0.2, 0) is 25.6 Å². The highest BCUT2D eigenvalue weighted by Crippen LogP contribution is 2.11. The summed E-state index contributed by atoms with van der Waals surface area (Å²) in [5.74, 6) is 0.772. The minimum absolute atomic E-state index is 0.242. The molecule has 6 heteroatoms. The Balaban J connectivity index is 1.77. The first-order valence-electron chi connectivity index (χ1n) is 11.4. The van der Waals surface area contributed by atoms with Crippen LogP contribution < -0.4 is 0 Å². The van der Waals surface area contributed by atoms with Gasteiger partial charge >= 0.3 is 0 Å². The van der Waals surface area contributed by atoms with Crippen molar-refractivity contribution < 1.29 is 23.3 Å². The van der Waals surface area contributed by atoms with Gasteiger partial charge in [-0.05, 0) is 43.2 Å². The SMILES string of the molecule is CC(CCCCCCCCCS)OCCOCCOCCOCc1cccc(F)c1. The summed E-state index contributed by atoms with van der Waals surface area (Å²) in [5, 5.41) is 0. The molecule has 1 aromatic carbocycles. The van der Waals surface area contributed by atoms with E-state index in [9.17, 15) is 4.39 Å². The van der Waals surface area contributed by atoms with Gasteiger partial charge in [-0.15, -0.1) is 0 Å². The largest absolute Gasteiger partial charge is 0.377 e. The van der Waals surface area contributed by atoms with Gasteiger partial charge in [0.15, 0.2) is 0 Å². The van der Waals surface area contributed by atoms with Crippen LogP contribution in [0.25, 0.3) is 0 Å². The Bertz CT molecular complexity index is 504. The zero-order valence-corrected chi connectivity index (χ0v) is 19.6. The number of thiol groups is 1. The molecule has 4 nitrogen and oxygen atoms in total. The molecule has 0 saturated heterocycles. The molecule has 30 heavy (non-hydrogen) atoms. The highest BCUT2D eigenvalue weighted by Gasteiger charge is 2.02. The fraction of sp³-hybridized carbons (Fsp3) is 0.750. The van der Waals surface area contributed by atoms with Gasteiger partial charge in [-0.25, -0.2) is 4.39 Å². The third kappa shape index (κ3) is 17.1. The van der Waals surface area contributed by atoms with Gasteiger partial charge in [0.2, 0.25) is 0 Å². The highest BCUT2D eigenvalue weighted by molar-refractivity contribution is 7.80. The van der Waals surface area contributed by atoms with E-state index in [1.165, 1.54) is 57.1 Å². The third-order valence-electron chi connectivity index (χ3n) is 4.80. The van der Waals surface area contributed by atoms with Crippen molar-refractivity contribution in [1.29, 1.82) is 0 Å². The summed E-state index contributed by atoms with van der Waals surface area (Å²) < 4.78 is 35.3. The summed E-state index contributed by atoms with van der Waals surface area (Å²) in [6.45, 7) is 5.82. The van der Waals surface area contributed by atoms with Gasteiger partial charge in [0.1, 0.15) is 5.82 Å². The zero-order valence-electron chi connectivity index (χ0n) is 18.7. The Hall–Kier alpha value is -0.660. The molecule has 1 atom stereocenters. The zero-order chi connectivity index (χ0) is 21.7. The smallest absolute Gasteiger partial charge is 0.123 e. The maximum absolute atomic E-state index is 13.0. The van der Waals surface area contributed by atoms with E-state index in [2.05, 4.69) is 19.6 Å². The third-order valence-corrected chi connectivity index (χ3v) is 5.12. The van der Waals surface area contributed by atoms with Crippen molar-refractivity contribution in [3.05, 3.63) is 35.6 Å². The Morgan fingerprint density at radius 1 is 0.800 bits per heavy atom. The number of halogens is 1. The molecular formula is C24H41FO4S. The number of ether oxygens (including phenoxy) is 4. The van der Waals surface area contributed by atoms with Crippen molar-refractivity contribution in [3.63, 3.8) is 0 Å². The molecule has 0 radical (unpaired) electrons. The Morgan fingerprint density at radius 2 is 1.40 bits per heavy atom. The first-order valence-corrected chi connectivity index (χ1v) is 12.1. The molecule has 1 unspecified atom stereocenters. The Labute approximate surface area is 188 Å². The van der Waals surface area contributed by atoms with Gasteiger partial charge in [0, 0.05) is 0 Å². The summed E-state index contributed by atoms with van der Waals surface area (Å²) in [6, 6.07) is 6.42. The number of unbranched alkanes of at least 4 members (excludes halogenated alkanes) is 6. The van der Waals surface area contributed by atoms with Gasteiger partial charge in [-0.3, -0.25) is 0 Å². The lowest BCUT2D eigenvalue weighted by Gasteiger charge is -2.13. The van der Waals surface area contributed by atoms with Crippen LogP contribution in [0, 0.1) is 5.82 Å². The molecule has 0 amide bonds. The van der Waals surface area contributed by atoms with E-state index in [1.807, 2.05) is 6.07 Å². The summed E-state index contributed by atoms with van der Waals surface area (Å²) in [6.07, 6.45) is 10.5. The second-order valence-corrected chi connectivity index (χ2v) is 8.02. The normalized spacial score (nSPS) is 12.4. The molecule has 174 valence electrons. The summed E-state index contributed by atoms with van der Waals surface area (Å²) in [5.41, 5.74) is 0.826. The van der Waals surface area contributed by atoms with Crippen LogP contribution in [0.3, 0.4) is 0 Å². The quantitative estimate of drug-likeness (QED) is 0.191. The maximum Gasteiger partial charge on any atom is 0.123 e. The number of benzene rings is 1. The van der Waals surface area contributed by atoms with Crippen LogP contribution in [0.15, 0.2) is 24.3 Å². The monoisotopic (exact) mass is 444 g/mol. The lowest BCUT2D eigenvalue weighted by molar-refractivity contribution is -0.0180. The van der Waals surface area contributed by atoms with E-state index in [0.29, 0.717) is 52.4 Å². The van der Waals surface area contributed by atoms with E-state index in [-0.39, 0.29) is 5.82 Å². The fourth-order valence-corrected chi connectivity index (χ4v) is 3.30. The first-order chi connectivity index (χ1) is 14.7. The fourth-order valence-electron chi connectivity index (χ4n) is 3.08. The standard InChI is InChI=1S/C24H41FO4S/c1-22(10-7-5-3-2-4-6-8-19-30)29-18-17-27-14-13-26-15-16-28-21-23-11-9-12-24(25)20-23/h9,11-12,20,22,30H,2-8,10,13-19,21H2,1H3. The van der Waals surface area contributed by atoms with Gasteiger partial charge in [0.25, 0.3) is 0 Å². The van der Waals surface area contributed by atoms with E-state index >= 15 is 0 Å². The molecule has 0 aliphatic carbocycles. The van der Waals surface area contributed by atoms with E-state index < -0.39 is 0 Å². The summed E-state index contributed by atoms with van der Waals surface area (Å²) in [7, 11) is 0. The molecule has 1 aromatic rings. The van der Waals surface area contributed by atoms with Crippen LogP contribution >= 0.6 is 12.6 Å². The Morgan fingerprint density at radius 3 is 2.07 bits per heavy atom. The minimum Gasteiger partial charge on any atom is -0.377 e. The number of hydrogen-bond acceptors (Lipinski definition) is 5. The van der Waals surface area contributed by atoms with Gasteiger partial charge in [0.05, 0.1) is 52.4 Å². The lowest BCUT2D eigenvalue weighted by Crippen LogP contribution is -2.15. The van der Waals surface area contributed by atoms with Crippen molar-refractivity contribution >= 4 is 12.6 Å². The van der Waals surface area contributed by atoms with Crippen molar-refractivity contribution in [2.75, 3.05) is 45.4 Å². The summed E-state index contributed by atoms with van der Waals surface area (Å²) in [4.78, 5) is 0. The molecule has 0 saturated carbocycles. The molecule has 0 N–H and O–H groups in total. The van der Waals surface area contributed by atoms with Gasteiger partial charge < -0.3 is 18.9 Å². The molecular weight excluding hydrogens is 403 g/mol. The van der Waals surface area contributed by atoms with E-state index in [4.69, 9.17) is 18.9 Å². The van der Waals surface area contributed by atoms with Gasteiger partial charge in [-0.2, -0.15) is 12.6 Å². The topological polar surface area (TPSA) is 36.9 Å². The van der Waals surface area contributed by atoms with Crippen LogP contribution in [0.4, 0.5) is 4.39 Å². The molecule has 1 rings (SSSR count). The van der Waals surface area contributed by atoms with Crippen molar-refractivity contribution in [2.45, 2.75) is 71.0 Å². The first kappa shape index (κ1) is 27.4. The number of rotatable bonds is 21. The van der Waals surface area contributed by atoms with Crippen LogP contribution in [-0.4, -0.2) is 51.5 Å². The van der Waals surface area contributed by atoms with Crippen LogP contribution in [0.1, 0.15) is 63.9 Å². The predicted molar refractivity (Wildman–Crippen MR) is 124 cm³/mol. The summed E-state index contributed by atoms with van der Waals surface area (Å²) >= 11 is 4.24. The predicted octanol–water partition coefficient (Wildman–Crippen LogP) is 5.83. The minimum atomic E-state index is -0.242. The van der Waals surface area contributed by atoms with Crippen LogP contribution in [0.2, 0.25) is 0 Å². The second-order valence-electron chi connectivity index (χ2n) is 7.58. The van der Waals surface area contributed by atoms with Crippen LogP contribution in [0.5, 0.6) is 0 Å². The Kier molecular flexibility index (Phi) is 18.5. The van der Waals surface area contributed by atoms with Crippen molar-refractivity contribution in [3.8, 4) is 0 Å².